The minimum absolute atomic E-state index is 0.542. The summed E-state index contributed by atoms with van der Waals surface area (Å²) < 4.78 is 2.03. The fraction of sp³-hybridized carbons (Fsp3) is 0.278. The smallest absolute Gasteiger partial charge is 0.180 e. The summed E-state index contributed by atoms with van der Waals surface area (Å²) in [6.45, 7) is 4.19. The van der Waals surface area contributed by atoms with Crippen LogP contribution in [0.5, 0.6) is 0 Å². The second-order valence-electron chi connectivity index (χ2n) is 6.13. The molecule has 0 unspecified atom stereocenters. The van der Waals surface area contributed by atoms with E-state index < -0.39 is 0 Å². The van der Waals surface area contributed by atoms with Crippen molar-refractivity contribution in [2.75, 3.05) is 18.0 Å². The zero-order valence-corrected chi connectivity index (χ0v) is 14.8. The molecule has 4 nitrogen and oxygen atoms in total. The molecule has 1 aromatic carbocycles. The topological polar surface area (TPSA) is 33.4 Å². The van der Waals surface area contributed by atoms with E-state index >= 15 is 0 Å². The van der Waals surface area contributed by atoms with Crippen LogP contribution in [0.4, 0.5) is 5.82 Å². The van der Waals surface area contributed by atoms with Gasteiger partial charge in [0.15, 0.2) is 11.5 Å². The molecule has 0 saturated carbocycles. The van der Waals surface area contributed by atoms with Gasteiger partial charge in [-0.3, -0.25) is 4.40 Å². The monoisotopic (exact) mass is 359 g/mol. The molecule has 0 aliphatic carbocycles. The van der Waals surface area contributed by atoms with E-state index in [1.54, 1.807) is 12.0 Å². The van der Waals surface area contributed by atoms with E-state index in [-0.39, 0.29) is 0 Å². The van der Waals surface area contributed by atoms with Gasteiger partial charge in [-0.05, 0) is 24.8 Å². The van der Waals surface area contributed by atoms with Gasteiger partial charge in [-0.15, -0.1) is 0 Å². The van der Waals surface area contributed by atoms with Gasteiger partial charge in [-0.25, -0.2) is 9.97 Å². The number of hydrogen-bond donors (Lipinski definition) is 0. The summed E-state index contributed by atoms with van der Waals surface area (Å²) in [7, 11) is 0. The molecular formula is C18H17Cl2N4. The maximum absolute atomic E-state index is 6.39. The Morgan fingerprint density at radius 1 is 1.08 bits per heavy atom. The van der Waals surface area contributed by atoms with Crippen molar-refractivity contribution < 1.29 is 0 Å². The summed E-state index contributed by atoms with van der Waals surface area (Å²) >= 11 is 12.6. The molecule has 1 radical (unpaired) electrons. The van der Waals surface area contributed by atoms with Gasteiger partial charge in [0.1, 0.15) is 0 Å². The van der Waals surface area contributed by atoms with Crippen molar-refractivity contribution in [2.24, 2.45) is 0 Å². The Labute approximate surface area is 151 Å². The molecule has 4 rings (SSSR count). The highest BCUT2D eigenvalue weighted by Gasteiger charge is 2.21. The van der Waals surface area contributed by atoms with Gasteiger partial charge < -0.3 is 4.90 Å². The summed E-state index contributed by atoms with van der Waals surface area (Å²) in [6.07, 6.45) is 7.78. The second kappa shape index (κ2) is 6.26. The Kier molecular flexibility index (Phi) is 4.10. The average Bonchev–Trinajstić information content (AvgIpc) is 3.02. The van der Waals surface area contributed by atoms with Gasteiger partial charge in [0, 0.05) is 31.0 Å². The highest BCUT2D eigenvalue weighted by molar-refractivity contribution is 6.43. The predicted molar refractivity (Wildman–Crippen MR) is 98.8 cm³/mol. The van der Waals surface area contributed by atoms with Crippen molar-refractivity contribution >= 4 is 34.7 Å². The van der Waals surface area contributed by atoms with Crippen LogP contribution in [0.15, 0.2) is 36.8 Å². The van der Waals surface area contributed by atoms with Crippen molar-refractivity contribution in [1.82, 2.24) is 14.4 Å². The minimum atomic E-state index is 0.542. The molecule has 1 fully saturated rings. The number of halogens is 2. The van der Waals surface area contributed by atoms with E-state index in [0.29, 0.717) is 10.0 Å². The minimum Gasteiger partial charge on any atom is -0.353 e. The fourth-order valence-electron chi connectivity index (χ4n) is 3.13. The number of rotatable bonds is 2. The van der Waals surface area contributed by atoms with E-state index in [4.69, 9.17) is 23.2 Å². The van der Waals surface area contributed by atoms with Crippen LogP contribution in [0.3, 0.4) is 0 Å². The van der Waals surface area contributed by atoms with Gasteiger partial charge in [0.05, 0.1) is 21.9 Å². The van der Waals surface area contributed by atoms with Crippen LogP contribution in [0.1, 0.15) is 19.8 Å². The van der Waals surface area contributed by atoms with Crippen LogP contribution in [-0.2, 0) is 0 Å². The first-order valence-corrected chi connectivity index (χ1v) is 8.73. The van der Waals surface area contributed by atoms with E-state index in [2.05, 4.69) is 21.8 Å². The lowest BCUT2D eigenvalue weighted by atomic mass is 9.99. The molecule has 0 atom stereocenters. The third-order valence-corrected chi connectivity index (χ3v) is 5.37. The number of anilines is 1. The van der Waals surface area contributed by atoms with E-state index in [0.717, 1.165) is 48.7 Å². The number of piperidine rings is 1. The highest BCUT2D eigenvalue weighted by atomic mass is 35.5. The summed E-state index contributed by atoms with van der Waals surface area (Å²) in [5, 5.41) is 1.09. The third kappa shape index (κ3) is 2.64. The highest BCUT2D eigenvalue weighted by Crippen LogP contribution is 2.35. The molecule has 1 saturated heterocycles. The summed E-state index contributed by atoms with van der Waals surface area (Å²) in [5.74, 6) is 2.47. The lowest BCUT2D eigenvalue weighted by Gasteiger charge is -2.30. The van der Waals surface area contributed by atoms with E-state index in [1.807, 2.05) is 35.1 Å². The van der Waals surface area contributed by atoms with E-state index in [1.165, 1.54) is 0 Å². The van der Waals surface area contributed by atoms with Crippen LogP contribution < -0.4 is 4.90 Å². The number of fused-ring (bicyclic) bond motifs is 1. The Morgan fingerprint density at radius 2 is 1.88 bits per heavy atom. The molecular weight excluding hydrogens is 343 g/mol. The molecule has 24 heavy (non-hydrogen) atoms. The lowest BCUT2D eigenvalue weighted by molar-refractivity contribution is 0.609. The normalized spacial score (nSPS) is 16.0. The molecule has 0 spiro atoms. The Bertz CT molecular complexity index is 882. The van der Waals surface area contributed by atoms with Crippen LogP contribution in [0.2, 0.25) is 10.0 Å². The first-order valence-electron chi connectivity index (χ1n) is 7.98. The number of nitrogens with zero attached hydrogens (tertiary/aromatic N) is 4. The average molecular weight is 360 g/mol. The van der Waals surface area contributed by atoms with Gasteiger partial charge in [-0.2, -0.15) is 0 Å². The van der Waals surface area contributed by atoms with Crippen LogP contribution in [0.25, 0.3) is 16.9 Å². The van der Waals surface area contributed by atoms with Crippen molar-refractivity contribution in [3.05, 3.63) is 52.8 Å². The number of imidazole rings is 1. The molecule has 2 aromatic heterocycles. The molecule has 1 aliphatic rings. The van der Waals surface area contributed by atoms with Crippen molar-refractivity contribution in [3.63, 3.8) is 0 Å². The molecule has 0 amide bonds. The van der Waals surface area contributed by atoms with Crippen LogP contribution in [-0.4, -0.2) is 27.5 Å². The lowest BCUT2D eigenvalue weighted by Crippen LogP contribution is -2.33. The molecule has 6 heteroatoms. The second-order valence-corrected chi connectivity index (χ2v) is 6.92. The predicted octanol–water partition coefficient (Wildman–Crippen LogP) is 4.90. The quantitative estimate of drug-likeness (QED) is 0.652. The van der Waals surface area contributed by atoms with Gasteiger partial charge in [0.2, 0.25) is 0 Å². The number of benzene rings is 1. The Hall–Kier alpha value is -1.78. The van der Waals surface area contributed by atoms with E-state index in [9.17, 15) is 0 Å². The van der Waals surface area contributed by atoms with Crippen molar-refractivity contribution in [1.29, 1.82) is 0 Å². The van der Waals surface area contributed by atoms with Crippen molar-refractivity contribution in [2.45, 2.75) is 19.8 Å². The number of aromatic nitrogens is 3. The molecule has 1 aliphatic heterocycles. The maximum atomic E-state index is 6.39. The standard InChI is InChI=1S/C18H17Cl2N4/c1-12-5-8-23(9-6-12)17-18-22-11-15(24(18)10-7-21-17)13-3-2-4-14(19)16(13)20/h2-4,7,10-11H,5-6,8-9H2,1H3. The SMILES string of the molecule is C[C]1CCN(c2nccn3c(-c4cccc(Cl)c4Cl)cnc23)CC1. The largest absolute Gasteiger partial charge is 0.353 e. The molecule has 123 valence electrons. The first-order chi connectivity index (χ1) is 11.6. The first kappa shape index (κ1) is 15.7. The molecule has 3 heterocycles. The summed E-state index contributed by atoms with van der Waals surface area (Å²) in [4.78, 5) is 11.5. The van der Waals surface area contributed by atoms with Crippen LogP contribution >= 0.6 is 23.2 Å². The third-order valence-electron chi connectivity index (χ3n) is 4.55. The number of hydrogen-bond acceptors (Lipinski definition) is 3. The maximum Gasteiger partial charge on any atom is 0.180 e. The van der Waals surface area contributed by atoms with Gasteiger partial charge >= 0.3 is 0 Å². The van der Waals surface area contributed by atoms with Gasteiger partial charge in [-0.1, -0.05) is 42.3 Å². The summed E-state index contributed by atoms with van der Waals surface area (Å²) in [6, 6.07) is 5.64. The molecule has 3 aromatic rings. The summed E-state index contributed by atoms with van der Waals surface area (Å²) in [5.41, 5.74) is 2.64. The zero-order chi connectivity index (χ0) is 16.7. The Balaban J connectivity index is 1.81. The zero-order valence-electron chi connectivity index (χ0n) is 13.3. The van der Waals surface area contributed by atoms with Gasteiger partial charge in [0.25, 0.3) is 0 Å². The molecule has 0 bridgehead atoms. The molecule has 0 N–H and O–H groups in total. The van der Waals surface area contributed by atoms with Crippen LogP contribution in [0, 0.1) is 5.92 Å². The Morgan fingerprint density at radius 3 is 2.67 bits per heavy atom. The van der Waals surface area contributed by atoms with Crippen molar-refractivity contribution in [3.8, 4) is 11.3 Å². The fourth-order valence-corrected chi connectivity index (χ4v) is 3.53.